The molecule has 1 aromatic carbocycles. The largest absolute Gasteiger partial charge is 0.384 e. The number of anilines is 1. The molecular weight excluding hydrogens is 364 g/mol. The summed E-state index contributed by atoms with van der Waals surface area (Å²) in [6.07, 6.45) is 4.69. The number of methoxy groups -OCH3 is 1. The summed E-state index contributed by atoms with van der Waals surface area (Å²) in [6.45, 7) is 4.22. The Balaban J connectivity index is 1.52. The number of nitrogens with zero attached hydrogens (tertiary/aromatic N) is 1. The molecule has 144 valence electrons. The van der Waals surface area contributed by atoms with Crippen molar-refractivity contribution in [1.29, 1.82) is 0 Å². The van der Waals surface area contributed by atoms with Crippen LogP contribution in [-0.4, -0.2) is 37.8 Å². The normalized spacial score (nSPS) is 22.0. The van der Waals surface area contributed by atoms with Gasteiger partial charge in [0.1, 0.15) is 5.82 Å². The first kappa shape index (κ1) is 18.7. The third-order valence-corrected chi connectivity index (χ3v) is 6.36. The second kappa shape index (κ2) is 7.38. The number of hydrogen-bond donors (Lipinski definition) is 1. The zero-order valence-corrected chi connectivity index (χ0v) is 16.5. The summed E-state index contributed by atoms with van der Waals surface area (Å²) in [5.74, 6) is 0.944. The molecule has 1 aliphatic heterocycles. The van der Waals surface area contributed by atoms with E-state index in [1.54, 1.807) is 13.3 Å². The topological polar surface area (TPSA) is 60.5 Å². The van der Waals surface area contributed by atoms with Gasteiger partial charge in [-0.05, 0) is 53.8 Å². The molecule has 1 spiro atoms. The Morgan fingerprint density at radius 2 is 2.15 bits per heavy atom. The minimum Gasteiger partial charge on any atom is -0.384 e. The molecule has 0 radical (unpaired) electrons. The van der Waals surface area contributed by atoms with Gasteiger partial charge in [-0.2, -0.15) is 0 Å². The van der Waals surface area contributed by atoms with Gasteiger partial charge >= 0.3 is 0 Å². The number of benzene rings is 1. The molecule has 1 aliphatic carbocycles. The molecule has 2 heterocycles. The highest BCUT2D eigenvalue weighted by Gasteiger charge is 2.58. The zero-order chi connectivity index (χ0) is 19.0. The molecular formula is C21H25ClN2O3. The number of amides is 1. The first-order valence-corrected chi connectivity index (χ1v) is 9.87. The van der Waals surface area contributed by atoms with Gasteiger partial charge in [-0.15, -0.1) is 0 Å². The Hall–Kier alpha value is -1.69. The molecule has 5 nitrogen and oxygen atoms in total. The summed E-state index contributed by atoms with van der Waals surface area (Å²) in [6, 6.07) is 5.91. The molecule has 2 atom stereocenters. The van der Waals surface area contributed by atoms with Crippen molar-refractivity contribution in [3.63, 3.8) is 0 Å². The van der Waals surface area contributed by atoms with Gasteiger partial charge in [0.05, 0.1) is 6.61 Å². The van der Waals surface area contributed by atoms with Crippen LogP contribution in [0.4, 0.5) is 5.82 Å². The number of hydrogen-bond acceptors (Lipinski definition) is 4. The van der Waals surface area contributed by atoms with Gasteiger partial charge in [0.15, 0.2) is 0 Å². The fourth-order valence-corrected chi connectivity index (χ4v) is 4.59. The standard InChI is InChI=1S/C21H25ClN2O3/c1-13(12-26-2)16-7-14-9-19(23-11-15(14)8-18(16)22)24-20(25)17-10-21(17)3-5-27-6-4-21/h7-9,11,13,17H,3-6,10,12H2,1-2H3,(H,23,24,25)/t13-,17+/m1/s1. The number of ether oxygens (including phenoxy) is 2. The molecule has 2 aliphatic rings. The van der Waals surface area contributed by atoms with Crippen LogP contribution in [0, 0.1) is 11.3 Å². The van der Waals surface area contributed by atoms with Crippen LogP contribution in [0.15, 0.2) is 24.4 Å². The van der Waals surface area contributed by atoms with Crippen LogP contribution >= 0.6 is 11.6 Å². The average Bonchev–Trinajstić information content (AvgIpc) is 3.35. The van der Waals surface area contributed by atoms with Crippen molar-refractivity contribution in [2.24, 2.45) is 11.3 Å². The summed E-state index contributed by atoms with van der Waals surface area (Å²) in [5, 5.41) is 5.69. The molecule has 6 heteroatoms. The SMILES string of the molecule is COC[C@@H](C)c1cc2cc(NC(=O)[C@@H]3CC34CCOCC4)ncc2cc1Cl. The van der Waals surface area contributed by atoms with E-state index in [2.05, 4.69) is 23.3 Å². The monoisotopic (exact) mass is 388 g/mol. The lowest BCUT2D eigenvalue weighted by Gasteiger charge is -2.22. The number of carbonyl (C=O) groups excluding carboxylic acids is 1. The fraction of sp³-hybridized carbons (Fsp3) is 0.524. The van der Waals surface area contributed by atoms with Gasteiger partial charge in [-0.3, -0.25) is 4.79 Å². The lowest BCUT2D eigenvalue weighted by atomic mass is 9.93. The van der Waals surface area contributed by atoms with Crippen molar-refractivity contribution in [2.45, 2.75) is 32.1 Å². The lowest BCUT2D eigenvalue weighted by Crippen LogP contribution is -2.24. The zero-order valence-electron chi connectivity index (χ0n) is 15.8. The van der Waals surface area contributed by atoms with Crippen molar-refractivity contribution in [1.82, 2.24) is 4.98 Å². The number of rotatable bonds is 5. The predicted molar refractivity (Wildman–Crippen MR) is 106 cm³/mol. The number of nitrogens with one attached hydrogen (secondary N) is 1. The van der Waals surface area contributed by atoms with E-state index in [1.807, 2.05) is 12.1 Å². The van der Waals surface area contributed by atoms with Crippen molar-refractivity contribution in [3.05, 3.63) is 35.0 Å². The number of halogens is 1. The fourth-order valence-electron chi connectivity index (χ4n) is 4.23. The van der Waals surface area contributed by atoms with E-state index in [0.29, 0.717) is 17.4 Å². The molecule has 2 aromatic rings. The Bertz CT molecular complexity index is 864. The molecule has 2 fully saturated rings. The summed E-state index contributed by atoms with van der Waals surface area (Å²) in [5.41, 5.74) is 1.20. The summed E-state index contributed by atoms with van der Waals surface area (Å²) < 4.78 is 10.7. The maximum Gasteiger partial charge on any atom is 0.229 e. The highest BCUT2D eigenvalue weighted by atomic mass is 35.5. The Kier molecular flexibility index (Phi) is 5.10. The quantitative estimate of drug-likeness (QED) is 0.825. The predicted octanol–water partition coefficient (Wildman–Crippen LogP) is 4.39. The minimum absolute atomic E-state index is 0.0747. The van der Waals surface area contributed by atoms with E-state index in [-0.39, 0.29) is 23.2 Å². The Labute approximate surface area is 164 Å². The number of fused-ring (bicyclic) bond motifs is 1. The van der Waals surface area contributed by atoms with E-state index in [9.17, 15) is 4.79 Å². The van der Waals surface area contributed by atoms with Gasteiger partial charge in [0.2, 0.25) is 5.91 Å². The Morgan fingerprint density at radius 3 is 2.89 bits per heavy atom. The molecule has 1 N–H and O–H groups in total. The van der Waals surface area contributed by atoms with Crippen LogP contribution < -0.4 is 5.32 Å². The second-order valence-corrected chi connectivity index (χ2v) is 8.27. The van der Waals surface area contributed by atoms with Gasteiger partial charge in [-0.25, -0.2) is 4.98 Å². The van der Waals surface area contributed by atoms with Gasteiger partial charge in [0, 0.05) is 48.8 Å². The Morgan fingerprint density at radius 1 is 1.37 bits per heavy atom. The highest BCUT2D eigenvalue weighted by molar-refractivity contribution is 6.32. The van der Waals surface area contributed by atoms with Gasteiger partial charge in [0.25, 0.3) is 0 Å². The molecule has 0 bridgehead atoms. The third-order valence-electron chi connectivity index (χ3n) is 6.03. The average molecular weight is 389 g/mol. The van der Waals surface area contributed by atoms with Crippen LogP contribution in [0.3, 0.4) is 0 Å². The minimum atomic E-state index is 0.0747. The van der Waals surface area contributed by atoms with Crippen molar-refractivity contribution in [3.8, 4) is 0 Å². The van der Waals surface area contributed by atoms with E-state index in [0.717, 1.165) is 48.8 Å². The molecule has 1 saturated heterocycles. The van der Waals surface area contributed by atoms with Crippen LogP contribution in [0.5, 0.6) is 0 Å². The number of carbonyl (C=O) groups is 1. The molecule has 1 saturated carbocycles. The smallest absolute Gasteiger partial charge is 0.229 e. The van der Waals surface area contributed by atoms with Crippen LogP contribution in [0.1, 0.15) is 37.7 Å². The molecule has 1 aromatic heterocycles. The van der Waals surface area contributed by atoms with Gasteiger partial charge in [-0.1, -0.05) is 18.5 Å². The maximum absolute atomic E-state index is 12.7. The van der Waals surface area contributed by atoms with Crippen molar-refractivity contribution in [2.75, 3.05) is 32.2 Å². The third kappa shape index (κ3) is 3.68. The lowest BCUT2D eigenvalue weighted by molar-refractivity contribution is -0.118. The molecule has 1 amide bonds. The summed E-state index contributed by atoms with van der Waals surface area (Å²) in [7, 11) is 1.69. The van der Waals surface area contributed by atoms with E-state index >= 15 is 0 Å². The van der Waals surface area contributed by atoms with E-state index in [1.165, 1.54) is 0 Å². The van der Waals surface area contributed by atoms with Crippen molar-refractivity contribution >= 4 is 34.1 Å². The van der Waals surface area contributed by atoms with Crippen molar-refractivity contribution < 1.29 is 14.3 Å². The van der Waals surface area contributed by atoms with E-state index in [4.69, 9.17) is 21.1 Å². The number of pyridine rings is 1. The van der Waals surface area contributed by atoms with Crippen LogP contribution in [0.25, 0.3) is 10.8 Å². The van der Waals surface area contributed by atoms with Crippen LogP contribution in [0.2, 0.25) is 5.02 Å². The first-order valence-electron chi connectivity index (χ1n) is 9.49. The second-order valence-electron chi connectivity index (χ2n) is 7.87. The molecule has 4 rings (SSSR count). The highest BCUT2D eigenvalue weighted by Crippen LogP contribution is 2.59. The molecule has 27 heavy (non-hydrogen) atoms. The maximum atomic E-state index is 12.7. The summed E-state index contributed by atoms with van der Waals surface area (Å²) >= 11 is 6.43. The first-order chi connectivity index (χ1) is 13.0. The van der Waals surface area contributed by atoms with Crippen LogP contribution in [-0.2, 0) is 14.3 Å². The van der Waals surface area contributed by atoms with Gasteiger partial charge < -0.3 is 14.8 Å². The van der Waals surface area contributed by atoms with E-state index < -0.39 is 0 Å². The number of aromatic nitrogens is 1. The summed E-state index contributed by atoms with van der Waals surface area (Å²) in [4.78, 5) is 17.1. The molecule has 0 unspecified atom stereocenters.